The average molecular weight is 597 g/mol. The van der Waals surface area contributed by atoms with Gasteiger partial charge in [0.05, 0.1) is 18.3 Å². The van der Waals surface area contributed by atoms with Crippen LogP contribution in [-0.2, 0) is 40.9 Å². The second-order valence-corrected chi connectivity index (χ2v) is 12.0. The number of anilines is 1. The maximum atomic E-state index is 14.0. The summed E-state index contributed by atoms with van der Waals surface area (Å²) < 4.78 is 46.8. The highest BCUT2D eigenvalue weighted by atomic mass is 79.9. The summed E-state index contributed by atoms with van der Waals surface area (Å²) in [5, 5.41) is 0. The number of likely N-dealkylation sites (tertiary alicyclic amines) is 1. The summed E-state index contributed by atoms with van der Waals surface area (Å²) in [4.78, 5) is 34.5. The molecule has 1 saturated heterocycles. The van der Waals surface area contributed by atoms with Gasteiger partial charge in [-0.2, -0.15) is 13.2 Å². The van der Waals surface area contributed by atoms with Gasteiger partial charge in [0.1, 0.15) is 11.2 Å². The lowest BCUT2D eigenvalue weighted by atomic mass is 9.75. The number of hydrogen-bond donors (Lipinski definition) is 0. The molecule has 0 radical (unpaired) electrons. The molecule has 1 fully saturated rings. The van der Waals surface area contributed by atoms with Crippen LogP contribution in [-0.4, -0.2) is 51.8 Å². The standard InChI is InChI=1S/C27H32BrF3N4O3/c1-16(2)38-25(37)33-14-26(15-33)19-12-18(28)6-8-21(19)35(24(26)36)13-23-32-20-11-17(3)5-7-22(20)34(23)10-4-9-27(29,30)31/h6,8,12,16-17H,4-5,7,9-11,13-15H2,1-3H3/t17-/m1/s1. The van der Waals surface area contributed by atoms with Crippen LogP contribution in [0, 0.1) is 5.92 Å². The van der Waals surface area contributed by atoms with Gasteiger partial charge in [0.15, 0.2) is 0 Å². The monoisotopic (exact) mass is 596 g/mol. The van der Waals surface area contributed by atoms with Crippen LogP contribution < -0.4 is 4.90 Å². The normalized spacial score (nSPS) is 20.1. The SMILES string of the molecule is CC(C)OC(=O)N1CC2(C1)C(=O)N(Cc1nc3c(n1CCCC(F)(F)F)CC[C@@H](C)C3)c1ccc(Br)cc12. The number of rotatable bonds is 6. The molecular weight excluding hydrogens is 565 g/mol. The first-order chi connectivity index (χ1) is 17.9. The van der Waals surface area contributed by atoms with E-state index in [1.54, 1.807) is 18.7 Å². The van der Waals surface area contributed by atoms with Crippen LogP contribution in [0.1, 0.15) is 62.8 Å². The van der Waals surface area contributed by atoms with Crippen LogP contribution in [0.3, 0.4) is 0 Å². The van der Waals surface area contributed by atoms with Crippen molar-refractivity contribution in [3.8, 4) is 0 Å². The molecule has 1 spiro atoms. The van der Waals surface area contributed by atoms with E-state index in [2.05, 4.69) is 22.9 Å². The molecule has 2 amide bonds. The quantitative estimate of drug-likeness (QED) is 0.425. The van der Waals surface area contributed by atoms with Gasteiger partial charge < -0.3 is 19.1 Å². The molecule has 206 valence electrons. The van der Waals surface area contributed by atoms with Crippen molar-refractivity contribution in [1.29, 1.82) is 0 Å². The summed E-state index contributed by atoms with van der Waals surface area (Å²) >= 11 is 3.51. The summed E-state index contributed by atoms with van der Waals surface area (Å²) in [6.45, 7) is 6.51. The Hall–Kier alpha value is -2.56. The molecular formula is C27H32BrF3N4O3. The third-order valence-corrected chi connectivity index (χ3v) is 8.22. The van der Waals surface area contributed by atoms with Crippen molar-refractivity contribution in [2.75, 3.05) is 18.0 Å². The van der Waals surface area contributed by atoms with E-state index >= 15 is 0 Å². The van der Waals surface area contributed by atoms with Crippen molar-refractivity contribution in [3.05, 3.63) is 45.4 Å². The molecule has 1 aromatic heterocycles. The van der Waals surface area contributed by atoms with E-state index in [-0.39, 0.29) is 44.6 Å². The summed E-state index contributed by atoms with van der Waals surface area (Å²) in [6, 6.07) is 5.66. The number of hydrogen-bond acceptors (Lipinski definition) is 4. The molecule has 2 aromatic rings. The second kappa shape index (κ2) is 9.88. The minimum Gasteiger partial charge on any atom is -0.447 e. The molecule has 1 aromatic carbocycles. The van der Waals surface area contributed by atoms with E-state index in [9.17, 15) is 22.8 Å². The largest absolute Gasteiger partial charge is 0.447 e. The zero-order valence-electron chi connectivity index (χ0n) is 21.8. The van der Waals surface area contributed by atoms with Crippen LogP contribution in [0.4, 0.5) is 23.7 Å². The van der Waals surface area contributed by atoms with Crippen LogP contribution in [0.25, 0.3) is 0 Å². The fourth-order valence-corrected chi connectivity index (χ4v) is 6.26. The number of halogens is 4. The topological polar surface area (TPSA) is 67.7 Å². The number of carbonyl (C=O) groups is 2. The van der Waals surface area contributed by atoms with Crippen molar-refractivity contribution in [3.63, 3.8) is 0 Å². The van der Waals surface area contributed by atoms with Gasteiger partial charge in [0.2, 0.25) is 5.91 Å². The lowest BCUT2D eigenvalue weighted by Gasteiger charge is -2.46. The molecule has 5 rings (SSSR count). The number of imidazole rings is 1. The number of alkyl halides is 3. The highest BCUT2D eigenvalue weighted by molar-refractivity contribution is 9.10. The van der Waals surface area contributed by atoms with Crippen LogP contribution in [0.2, 0.25) is 0 Å². The highest BCUT2D eigenvalue weighted by Crippen LogP contribution is 2.49. The van der Waals surface area contributed by atoms with Crippen molar-refractivity contribution in [1.82, 2.24) is 14.5 Å². The Morgan fingerprint density at radius 1 is 1.29 bits per heavy atom. The van der Waals surface area contributed by atoms with Crippen LogP contribution in [0.15, 0.2) is 22.7 Å². The maximum Gasteiger partial charge on any atom is 0.410 e. The predicted molar refractivity (Wildman–Crippen MR) is 139 cm³/mol. The Kier molecular flexibility index (Phi) is 7.02. The van der Waals surface area contributed by atoms with Gasteiger partial charge in [-0.15, -0.1) is 0 Å². The lowest BCUT2D eigenvalue weighted by molar-refractivity contribution is -0.136. The van der Waals surface area contributed by atoms with Gasteiger partial charge in [-0.1, -0.05) is 22.9 Å². The van der Waals surface area contributed by atoms with Crippen molar-refractivity contribution >= 4 is 33.6 Å². The minimum absolute atomic E-state index is 0.0385. The predicted octanol–water partition coefficient (Wildman–Crippen LogP) is 5.76. The van der Waals surface area contributed by atoms with Crippen LogP contribution in [0.5, 0.6) is 0 Å². The van der Waals surface area contributed by atoms with Gasteiger partial charge in [0, 0.05) is 41.9 Å². The number of carbonyl (C=O) groups excluding carboxylic acids is 2. The van der Waals surface area contributed by atoms with Gasteiger partial charge in [-0.05, 0) is 69.2 Å². The lowest BCUT2D eigenvalue weighted by Crippen LogP contribution is -2.65. The zero-order valence-corrected chi connectivity index (χ0v) is 23.4. The highest BCUT2D eigenvalue weighted by Gasteiger charge is 2.60. The maximum absolute atomic E-state index is 14.0. The third kappa shape index (κ3) is 4.94. The van der Waals surface area contributed by atoms with E-state index in [0.29, 0.717) is 11.7 Å². The number of benzene rings is 1. The van der Waals surface area contributed by atoms with E-state index in [4.69, 9.17) is 9.72 Å². The van der Waals surface area contributed by atoms with E-state index in [1.165, 1.54) is 4.90 Å². The molecule has 38 heavy (non-hydrogen) atoms. The molecule has 0 unspecified atom stereocenters. The molecule has 0 saturated carbocycles. The smallest absolute Gasteiger partial charge is 0.410 e. The zero-order chi connectivity index (χ0) is 27.4. The Morgan fingerprint density at radius 2 is 2.03 bits per heavy atom. The summed E-state index contributed by atoms with van der Waals surface area (Å²) in [5.41, 5.74) is 2.61. The van der Waals surface area contributed by atoms with E-state index in [0.717, 1.165) is 46.4 Å². The molecule has 7 nitrogen and oxygen atoms in total. The molecule has 2 aliphatic heterocycles. The number of ether oxygens (including phenoxy) is 1. The fourth-order valence-electron chi connectivity index (χ4n) is 5.90. The molecule has 3 heterocycles. The first kappa shape index (κ1) is 27.0. The van der Waals surface area contributed by atoms with E-state index in [1.807, 2.05) is 22.8 Å². The molecule has 0 N–H and O–H groups in total. The van der Waals surface area contributed by atoms with Crippen molar-refractivity contribution < 1.29 is 27.5 Å². The first-order valence-electron chi connectivity index (χ1n) is 13.1. The minimum atomic E-state index is -4.22. The Balaban J connectivity index is 1.44. The van der Waals surface area contributed by atoms with Crippen molar-refractivity contribution in [2.24, 2.45) is 5.92 Å². The molecule has 1 atom stereocenters. The third-order valence-electron chi connectivity index (χ3n) is 7.73. The van der Waals surface area contributed by atoms with Gasteiger partial charge in [0.25, 0.3) is 0 Å². The number of nitrogens with zero attached hydrogens (tertiary/aromatic N) is 4. The van der Waals surface area contributed by atoms with Crippen LogP contribution >= 0.6 is 15.9 Å². The Morgan fingerprint density at radius 3 is 2.71 bits per heavy atom. The Labute approximate surface area is 228 Å². The van der Waals surface area contributed by atoms with Gasteiger partial charge in [-0.3, -0.25) is 4.79 Å². The average Bonchev–Trinajstić information content (AvgIpc) is 3.23. The van der Waals surface area contributed by atoms with E-state index < -0.39 is 24.1 Å². The molecule has 0 bridgehead atoms. The van der Waals surface area contributed by atoms with Crippen molar-refractivity contribution in [2.45, 2.75) is 83.7 Å². The summed E-state index contributed by atoms with van der Waals surface area (Å²) in [5.74, 6) is 0.937. The van der Waals surface area contributed by atoms with Gasteiger partial charge in [-0.25, -0.2) is 9.78 Å². The Bertz CT molecular complexity index is 1250. The van der Waals surface area contributed by atoms with Gasteiger partial charge >= 0.3 is 12.3 Å². The number of amides is 2. The fraction of sp³-hybridized carbons (Fsp3) is 0.593. The first-order valence-corrected chi connectivity index (χ1v) is 13.9. The molecule has 11 heteroatoms. The summed E-state index contributed by atoms with van der Waals surface area (Å²) in [6.07, 6.45) is -3.32. The number of fused-ring (bicyclic) bond motifs is 3. The molecule has 3 aliphatic rings. The summed E-state index contributed by atoms with van der Waals surface area (Å²) in [7, 11) is 0. The molecule has 1 aliphatic carbocycles. The second-order valence-electron chi connectivity index (χ2n) is 11.1. The number of aromatic nitrogens is 2.